The molecular weight excluding hydrogens is 372 g/mol. The number of benzene rings is 2. The van der Waals surface area contributed by atoms with Crippen molar-refractivity contribution in [1.29, 1.82) is 0 Å². The number of esters is 1. The number of para-hydroxylation sites is 1. The van der Waals surface area contributed by atoms with E-state index in [1.54, 1.807) is 19.1 Å². The van der Waals surface area contributed by atoms with Gasteiger partial charge in [0, 0.05) is 22.2 Å². The van der Waals surface area contributed by atoms with Crippen LogP contribution in [0.2, 0.25) is 0 Å². The topological polar surface area (TPSA) is 96.5 Å². The minimum Gasteiger partial charge on any atom is -0.453 e. The summed E-state index contributed by atoms with van der Waals surface area (Å²) in [4.78, 5) is 53.9. The fourth-order valence-corrected chi connectivity index (χ4v) is 3.60. The first-order valence-corrected chi connectivity index (χ1v) is 9.14. The zero-order valence-corrected chi connectivity index (χ0v) is 15.9. The molecular formula is C22H18N2O5. The molecule has 3 aromatic rings. The van der Waals surface area contributed by atoms with Crippen LogP contribution in [0.4, 0.5) is 0 Å². The fourth-order valence-electron chi connectivity index (χ4n) is 3.60. The lowest BCUT2D eigenvalue weighted by Gasteiger charge is -2.16. The van der Waals surface area contributed by atoms with Crippen molar-refractivity contribution in [3.8, 4) is 0 Å². The molecule has 1 atom stereocenters. The van der Waals surface area contributed by atoms with E-state index in [1.807, 2.05) is 24.3 Å². The number of imide groups is 1. The van der Waals surface area contributed by atoms with Crippen molar-refractivity contribution in [3.05, 3.63) is 70.9 Å². The summed E-state index contributed by atoms with van der Waals surface area (Å²) in [5.41, 5.74) is 2.46. The van der Waals surface area contributed by atoms with Crippen molar-refractivity contribution >= 4 is 34.5 Å². The Morgan fingerprint density at radius 2 is 1.59 bits per heavy atom. The number of ether oxygens (including phenoxy) is 1. The van der Waals surface area contributed by atoms with Crippen molar-refractivity contribution in [2.75, 3.05) is 6.54 Å². The number of hydrogen-bond donors (Lipinski definition) is 1. The van der Waals surface area contributed by atoms with Crippen molar-refractivity contribution < 1.29 is 23.9 Å². The number of amides is 2. The lowest BCUT2D eigenvalue weighted by molar-refractivity contribution is -0.146. The maximum Gasteiger partial charge on any atom is 0.326 e. The molecule has 2 heterocycles. The van der Waals surface area contributed by atoms with Gasteiger partial charge in [0.2, 0.25) is 5.78 Å². The van der Waals surface area contributed by atoms with Gasteiger partial charge in [-0.1, -0.05) is 30.3 Å². The molecule has 0 bridgehead atoms. The normalized spacial score (nSPS) is 14.2. The third-order valence-corrected chi connectivity index (χ3v) is 4.98. The predicted octanol–water partition coefficient (Wildman–Crippen LogP) is 2.89. The van der Waals surface area contributed by atoms with E-state index >= 15 is 0 Å². The molecule has 146 valence electrons. The zero-order chi connectivity index (χ0) is 20.7. The van der Waals surface area contributed by atoms with Crippen molar-refractivity contribution in [3.63, 3.8) is 0 Å². The van der Waals surface area contributed by atoms with Gasteiger partial charge in [0.05, 0.1) is 11.1 Å². The van der Waals surface area contributed by atoms with E-state index < -0.39 is 30.4 Å². The van der Waals surface area contributed by atoms with Crippen molar-refractivity contribution in [1.82, 2.24) is 9.88 Å². The second-order valence-electron chi connectivity index (χ2n) is 6.91. The summed E-state index contributed by atoms with van der Waals surface area (Å²) in [5, 5.41) is 0.748. The van der Waals surface area contributed by atoms with Crippen LogP contribution in [0.1, 0.15) is 43.7 Å². The number of aryl methyl sites for hydroxylation is 1. The van der Waals surface area contributed by atoms with Crippen LogP contribution in [0.25, 0.3) is 10.9 Å². The molecule has 1 N–H and O–H groups in total. The Bertz CT molecular complexity index is 1140. The van der Waals surface area contributed by atoms with Gasteiger partial charge in [0.15, 0.2) is 6.10 Å². The number of carbonyl (C=O) groups is 4. The Morgan fingerprint density at radius 1 is 1.00 bits per heavy atom. The molecule has 7 nitrogen and oxygen atoms in total. The van der Waals surface area contributed by atoms with Gasteiger partial charge >= 0.3 is 5.97 Å². The SMILES string of the molecule is Cc1[nH]c2ccccc2c1C(=O)[C@H](C)OC(=O)CN1C(=O)c2ccccc2C1=O. The second-order valence-corrected chi connectivity index (χ2v) is 6.91. The monoisotopic (exact) mass is 390 g/mol. The summed E-state index contributed by atoms with van der Waals surface area (Å²) in [5.74, 6) is -2.27. The molecule has 0 radical (unpaired) electrons. The predicted molar refractivity (Wildman–Crippen MR) is 105 cm³/mol. The largest absolute Gasteiger partial charge is 0.453 e. The van der Waals surface area contributed by atoms with Crippen LogP contribution in [0.5, 0.6) is 0 Å². The van der Waals surface area contributed by atoms with Crippen LogP contribution in [0.15, 0.2) is 48.5 Å². The number of H-pyrrole nitrogens is 1. The number of carbonyl (C=O) groups excluding carboxylic acids is 4. The highest BCUT2D eigenvalue weighted by Crippen LogP contribution is 2.25. The summed E-state index contributed by atoms with van der Waals surface area (Å²) >= 11 is 0. The van der Waals surface area contributed by atoms with Crippen LogP contribution in [-0.2, 0) is 9.53 Å². The Kier molecular flexibility index (Phi) is 4.50. The highest BCUT2D eigenvalue weighted by molar-refractivity contribution is 6.22. The molecule has 1 aliphatic heterocycles. The molecule has 0 spiro atoms. The van der Waals surface area contributed by atoms with E-state index in [2.05, 4.69) is 4.98 Å². The number of rotatable bonds is 5. The molecule has 0 saturated heterocycles. The standard InChI is InChI=1S/C22H18N2O5/c1-12-19(16-9-5-6-10-17(16)23-12)20(26)13(2)29-18(25)11-24-21(27)14-7-3-4-8-15(14)22(24)28/h3-10,13,23H,11H2,1-2H3/t13-/m0/s1. The minimum absolute atomic E-state index is 0.254. The molecule has 0 aliphatic carbocycles. The van der Waals surface area contributed by atoms with E-state index in [0.29, 0.717) is 11.3 Å². The van der Waals surface area contributed by atoms with Crippen LogP contribution in [0.3, 0.4) is 0 Å². The summed E-state index contributed by atoms with van der Waals surface area (Å²) in [6, 6.07) is 13.7. The van der Waals surface area contributed by atoms with E-state index in [0.717, 1.165) is 15.8 Å². The van der Waals surface area contributed by atoms with Gasteiger partial charge in [-0.2, -0.15) is 0 Å². The molecule has 0 unspecified atom stereocenters. The van der Waals surface area contributed by atoms with Gasteiger partial charge in [-0.3, -0.25) is 24.1 Å². The first-order valence-electron chi connectivity index (χ1n) is 9.14. The van der Waals surface area contributed by atoms with Crippen LogP contribution in [-0.4, -0.2) is 46.1 Å². The Hall–Kier alpha value is -3.74. The van der Waals surface area contributed by atoms with E-state index in [9.17, 15) is 19.2 Å². The number of Topliss-reactive ketones (excluding diaryl/α,β-unsaturated/α-hetero) is 1. The van der Waals surface area contributed by atoms with Crippen molar-refractivity contribution in [2.45, 2.75) is 20.0 Å². The Labute approximate surface area is 166 Å². The molecule has 1 aromatic heterocycles. The summed E-state index contributed by atoms with van der Waals surface area (Å²) < 4.78 is 5.25. The molecule has 4 rings (SSSR count). The fraction of sp³-hybridized carbons (Fsp3) is 0.182. The van der Waals surface area contributed by atoms with Gasteiger partial charge in [-0.05, 0) is 32.0 Å². The smallest absolute Gasteiger partial charge is 0.326 e. The number of hydrogen-bond acceptors (Lipinski definition) is 5. The molecule has 1 aliphatic rings. The molecule has 0 fully saturated rings. The first kappa shape index (κ1) is 18.6. The quantitative estimate of drug-likeness (QED) is 0.410. The summed E-state index contributed by atoms with van der Waals surface area (Å²) in [7, 11) is 0. The van der Waals surface area contributed by atoms with Crippen LogP contribution in [0, 0.1) is 6.92 Å². The van der Waals surface area contributed by atoms with Crippen LogP contribution < -0.4 is 0 Å². The molecule has 0 saturated carbocycles. The van der Waals surface area contributed by atoms with Gasteiger partial charge in [-0.15, -0.1) is 0 Å². The number of nitrogens with zero attached hydrogens (tertiary/aromatic N) is 1. The first-order chi connectivity index (χ1) is 13.9. The number of ketones is 1. The lowest BCUT2D eigenvalue weighted by atomic mass is 10.0. The molecule has 7 heteroatoms. The number of aromatic nitrogens is 1. The Morgan fingerprint density at radius 3 is 2.24 bits per heavy atom. The molecule has 2 aromatic carbocycles. The van der Waals surface area contributed by atoms with E-state index in [-0.39, 0.29) is 16.9 Å². The van der Waals surface area contributed by atoms with Gasteiger partial charge in [-0.25, -0.2) is 0 Å². The second kappa shape index (κ2) is 7.01. The summed E-state index contributed by atoms with van der Waals surface area (Å²) in [6.45, 7) is 2.71. The van der Waals surface area contributed by atoms with Gasteiger partial charge < -0.3 is 9.72 Å². The van der Waals surface area contributed by atoms with Crippen LogP contribution >= 0.6 is 0 Å². The zero-order valence-electron chi connectivity index (χ0n) is 15.9. The Balaban J connectivity index is 1.48. The highest BCUT2D eigenvalue weighted by Gasteiger charge is 2.37. The maximum atomic E-state index is 12.9. The van der Waals surface area contributed by atoms with Crippen molar-refractivity contribution in [2.24, 2.45) is 0 Å². The summed E-state index contributed by atoms with van der Waals surface area (Å²) in [6.07, 6.45) is -1.06. The van der Waals surface area contributed by atoms with E-state index in [4.69, 9.17) is 4.74 Å². The average molecular weight is 390 g/mol. The number of aromatic amines is 1. The molecule has 29 heavy (non-hydrogen) atoms. The lowest BCUT2D eigenvalue weighted by Crippen LogP contribution is -2.37. The number of fused-ring (bicyclic) bond motifs is 2. The maximum absolute atomic E-state index is 12.9. The molecule has 2 amide bonds. The average Bonchev–Trinajstić information content (AvgIpc) is 3.16. The highest BCUT2D eigenvalue weighted by atomic mass is 16.5. The van der Waals surface area contributed by atoms with E-state index in [1.165, 1.54) is 19.1 Å². The number of nitrogens with one attached hydrogen (secondary N) is 1. The third-order valence-electron chi connectivity index (χ3n) is 4.98. The third kappa shape index (κ3) is 3.10. The minimum atomic E-state index is -1.06. The van der Waals surface area contributed by atoms with Gasteiger partial charge in [0.1, 0.15) is 6.54 Å². The van der Waals surface area contributed by atoms with Gasteiger partial charge in [0.25, 0.3) is 11.8 Å².